The summed E-state index contributed by atoms with van der Waals surface area (Å²) in [6.45, 7) is 19.1. The van der Waals surface area contributed by atoms with Gasteiger partial charge in [0.05, 0.1) is 12.1 Å². The molecule has 0 spiro atoms. The average molecular weight is 658 g/mol. The second-order valence-corrected chi connectivity index (χ2v) is 15.0. The molecular formula is C35H60BN5O6. The normalized spacial score (nSPS) is 13.2. The van der Waals surface area contributed by atoms with E-state index in [1.807, 2.05) is 13.8 Å². The molecule has 47 heavy (non-hydrogen) atoms. The lowest BCUT2D eigenvalue weighted by molar-refractivity contribution is -0.128. The maximum absolute atomic E-state index is 13.4. The van der Waals surface area contributed by atoms with Gasteiger partial charge in [0, 0.05) is 18.8 Å². The highest BCUT2D eigenvalue weighted by Crippen LogP contribution is 2.30. The maximum atomic E-state index is 13.4. The lowest BCUT2D eigenvalue weighted by Crippen LogP contribution is -2.53. The molecule has 0 aromatic heterocycles. The highest BCUT2D eigenvalue weighted by molar-refractivity contribution is 6.55. The van der Waals surface area contributed by atoms with Crippen LogP contribution in [0.25, 0.3) is 0 Å². The molecule has 2 radical (unpaired) electrons. The number of amides is 4. The summed E-state index contributed by atoms with van der Waals surface area (Å²) < 4.78 is 11.1. The van der Waals surface area contributed by atoms with E-state index in [4.69, 9.17) is 23.1 Å². The Hall–Kier alpha value is -3.12. The van der Waals surface area contributed by atoms with Gasteiger partial charge in [-0.25, -0.2) is 4.79 Å². The van der Waals surface area contributed by atoms with Crippen molar-refractivity contribution in [3.63, 3.8) is 0 Å². The number of unbranched alkanes of at least 4 members (excludes halogenated alkanes) is 2. The van der Waals surface area contributed by atoms with Gasteiger partial charge in [-0.05, 0) is 85.9 Å². The second kappa shape index (κ2) is 21.0. The molecule has 6 N–H and O–H groups in total. The minimum atomic E-state index is -0.873. The van der Waals surface area contributed by atoms with Crippen molar-refractivity contribution >= 4 is 37.2 Å². The molecule has 0 aliphatic rings. The van der Waals surface area contributed by atoms with E-state index in [9.17, 15) is 19.2 Å². The van der Waals surface area contributed by atoms with Gasteiger partial charge in [0.1, 0.15) is 12.6 Å². The third-order valence-corrected chi connectivity index (χ3v) is 7.37. The number of hydrogen-bond donors (Lipinski definition) is 5. The number of urea groups is 1. The minimum Gasteiger partial charge on any atom is -0.470 e. The summed E-state index contributed by atoms with van der Waals surface area (Å²) in [6, 6.07) is 4.75. The van der Waals surface area contributed by atoms with E-state index in [-0.39, 0.29) is 41.9 Å². The van der Waals surface area contributed by atoms with Crippen molar-refractivity contribution in [1.82, 2.24) is 16.0 Å². The van der Waals surface area contributed by atoms with Crippen LogP contribution in [0.15, 0.2) is 24.3 Å². The predicted molar refractivity (Wildman–Crippen MR) is 188 cm³/mol. The van der Waals surface area contributed by atoms with E-state index >= 15 is 0 Å². The molecule has 1 aromatic carbocycles. The molecule has 0 bridgehead atoms. The summed E-state index contributed by atoms with van der Waals surface area (Å²) in [7, 11) is 5.01. The number of benzene rings is 1. The first kappa shape index (κ1) is 41.9. The number of nitrogens with one attached hydrogen (secondary N) is 4. The van der Waals surface area contributed by atoms with Gasteiger partial charge >= 0.3 is 6.03 Å². The number of carbonyl (C=O) groups is 4. The van der Waals surface area contributed by atoms with Crippen LogP contribution in [0.2, 0.25) is 0 Å². The zero-order chi connectivity index (χ0) is 35.6. The molecule has 11 nitrogen and oxygen atoms in total. The Morgan fingerprint density at radius 2 is 1.47 bits per heavy atom. The molecule has 0 heterocycles. The summed E-state index contributed by atoms with van der Waals surface area (Å²) in [5.74, 6) is -1.54. The Balaban J connectivity index is 2.70. The summed E-state index contributed by atoms with van der Waals surface area (Å²) in [5, 5.41) is 11.6. The summed E-state index contributed by atoms with van der Waals surface area (Å²) in [5.41, 5.74) is 6.80. The molecule has 0 saturated heterocycles. The molecule has 2 atom stereocenters. The van der Waals surface area contributed by atoms with Crippen molar-refractivity contribution in [2.24, 2.45) is 22.5 Å². The first-order valence-corrected chi connectivity index (χ1v) is 16.9. The van der Waals surface area contributed by atoms with Gasteiger partial charge in [0.2, 0.25) is 25.5 Å². The molecule has 0 unspecified atom stereocenters. The van der Waals surface area contributed by atoms with Crippen LogP contribution in [0.1, 0.15) is 106 Å². The smallest absolute Gasteiger partial charge is 0.312 e. The summed E-state index contributed by atoms with van der Waals surface area (Å²) >= 11 is 0. The third kappa shape index (κ3) is 20.7. The SMILES string of the molecule is [B]C(=O)OCc1ccc(NC(=O)[C@H](CCCNC(N)=O)NC(=O)[C@@H](NCCCCCOC(CC(C)(C)C)CC(C)(C)C)C(C)C)cc1. The monoisotopic (exact) mass is 657 g/mol. The number of rotatable bonds is 21. The van der Waals surface area contributed by atoms with Crippen LogP contribution in [0.4, 0.5) is 15.3 Å². The van der Waals surface area contributed by atoms with Gasteiger partial charge in [-0.1, -0.05) is 67.5 Å². The lowest BCUT2D eigenvalue weighted by atomic mass is 9.82. The molecule has 1 aromatic rings. The number of primary amides is 1. The molecular weight excluding hydrogens is 597 g/mol. The molecule has 0 saturated carbocycles. The van der Waals surface area contributed by atoms with Crippen LogP contribution in [-0.4, -0.2) is 69.4 Å². The van der Waals surface area contributed by atoms with E-state index in [0.717, 1.165) is 38.7 Å². The topological polar surface area (TPSA) is 161 Å². The van der Waals surface area contributed by atoms with Crippen molar-refractivity contribution in [2.75, 3.05) is 25.0 Å². The van der Waals surface area contributed by atoms with E-state index in [1.165, 1.54) is 0 Å². The zero-order valence-electron chi connectivity index (χ0n) is 30.0. The van der Waals surface area contributed by atoms with Crippen molar-refractivity contribution in [2.45, 2.75) is 125 Å². The second-order valence-electron chi connectivity index (χ2n) is 15.0. The van der Waals surface area contributed by atoms with Gasteiger partial charge in [-0.3, -0.25) is 14.4 Å². The Morgan fingerprint density at radius 3 is 2.00 bits per heavy atom. The van der Waals surface area contributed by atoms with E-state index in [1.54, 1.807) is 24.3 Å². The number of hydrogen-bond acceptors (Lipinski definition) is 7. The van der Waals surface area contributed by atoms with E-state index < -0.39 is 29.9 Å². The summed E-state index contributed by atoms with van der Waals surface area (Å²) in [4.78, 5) is 48.6. The van der Waals surface area contributed by atoms with Gasteiger partial charge in [0.25, 0.3) is 0 Å². The fourth-order valence-electron chi connectivity index (χ4n) is 5.21. The van der Waals surface area contributed by atoms with Crippen LogP contribution in [0, 0.1) is 16.7 Å². The van der Waals surface area contributed by atoms with Crippen molar-refractivity contribution in [1.29, 1.82) is 0 Å². The fraction of sp³-hybridized carbons (Fsp3) is 0.714. The Labute approximate surface area is 284 Å². The van der Waals surface area contributed by atoms with Crippen molar-refractivity contribution in [3.05, 3.63) is 29.8 Å². The zero-order valence-corrected chi connectivity index (χ0v) is 30.0. The molecule has 12 heteroatoms. The quantitative estimate of drug-likeness (QED) is 0.0873. The number of anilines is 1. The first-order chi connectivity index (χ1) is 21.9. The number of ether oxygens (including phenoxy) is 2. The largest absolute Gasteiger partial charge is 0.470 e. The minimum absolute atomic E-state index is 0.00991. The highest BCUT2D eigenvalue weighted by atomic mass is 16.5. The molecule has 0 aliphatic carbocycles. The Kier molecular flexibility index (Phi) is 18.7. The summed E-state index contributed by atoms with van der Waals surface area (Å²) in [6.07, 6.45) is 5.83. The predicted octanol–water partition coefficient (Wildman–Crippen LogP) is 5.41. The first-order valence-electron chi connectivity index (χ1n) is 16.9. The fourth-order valence-corrected chi connectivity index (χ4v) is 5.21. The Bertz CT molecular complexity index is 1090. The van der Waals surface area contributed by atoms with Crippen LogP contribution in [0.3, 0.4) is 0 Å². The third-order valence-electron chi connectivity index (χ3n) is 7.37. The average Bonchev–Trinajstić information content (AvgIpc) is 2.93. The van der Waals surface area contributed by atoms with Gasteiger partial charge in [-0.2, -0.15) is 0 Å². The van der Waals surface area contributed by atoms with E-state index in [0.29, 0.717) is 30.6 Å². The van der Waals surface area contributed by atoms with E-state index in [2.05, 4.69) is 62.8 Å². The standard InChI is InChI=1S/C35H60BN5O6/c1-24(2)29(38-18-10-9-11-20-46-27(21-34(3,4)5)22-35(6,7)8)31(43)41-28(13-12-19-39-33(37)45)30(42)40-26-16-14-25(15-17-26)23-47-32(36)44/h14-17,24,27-29,38H,9-13,18-23H2,1-8H3,(H,40,42)(H,41,43)(H3,37,39,45)/t28-,29-/m0/s1. The van der Waals surface area contributed by atoms with Crippen molar-refractivity contribution in [3.8, 4) is 0 Å². The van der Waals surface area contributed by atoms with Crippen LogP contribution in [-0.2, 0) is 25.7 Å². The highest BCUT2D eigenvalue weighted by Gasteiger charge is 2.28. The van der Waals surface area contributed by atoms with Crippen LogP contribution in [0.5, 0.6) is 0 Å². The molecule has 264 valence electrons. The van der Waals surface area contributed by atoms with Crippen LogP contribution >= 0.6 is 0 Å². The van der Waals surface area contributed by atoms with Crippen molar-refractivity contribution < 1.29 is 28.7 Å². The molecule has 4 amide bonds. The lowest BCUT2D eigenvalue weighted by Gasteiger charge is -2.31. The molecule has 0 fully saturated rings. The van der Waals surface area contributed by atoms with Gasteiger partial charge in [-0.15, -0.1) is 0 Å². The van der Waals surface area contributed by atoms with Gasteiger partial charge in [0.15, 0.2) is 0 Å². The van der Waals surface area contributed by atoms with Gasteiger partial charge < -0.3 is 36.5 Å². The number of carbonyl (C=O) groups excluding carboxylic acids is 4. The molecule has 1 rings (SSSR count). The maximum Gasteiger partial charge on any atom is 0.312 e. The Morgan fingerprint density at radius 1 is 0.851 bits per heavy atom. The number of nitrogens with two attached hydrogens (primary N) is 1. The molecule has 0 aliphatic heterocycles. The van der Waals surface area contributed by atoms with Crippen LogP contribution < -0.4 is 27.0 Å².